The van der Waals surface area contributed by atoms with Crippen molar-refractivity contribution >= 4 is 23.3 Å². The lowest BCUT2D eigenvalue weighted by Gasteiger charge is -2.22. The van der Waals surface area contributed by atoms with Crippen LogP contribution in [0.1, 0.15) is 23.7 Å². The minimum atomic E-state index is -0.517. The normalized spacial score (nSPS) is 10.2. The minimum absolute atomic E-state index is 0.0538. The molecule has 0 N–H and O–H groups in total. The fourth-order valence-corrected chi connectivity index (χ4v) is 2.57. The summed E-state index contributed by atoms with van der Waals surface area (Å²) in [6, 6.07) is 25.2. The second-order valence-corrected chi connectivity index (χ2v) is 5.68. The fourth-order valence-electron chi connectivity index (χ4n) is 2.57. The summed E-state index contributed by atoms with van der Waals surface area (Å²) in [4.78, 5) is 26.0. The maximum Gasteiger partial charge on any atom is 0.424 e. The molecule has 3 rings (SSSR count). The van der Waals surface area contributed by atoms with Gasteiger partial charge in [0, 0.05) is 12.0 Å². The summed E-state index contributed by atoms with van der Waals surface area (Å²) < 4.78 is 5.53. The van der Waals surface area contributed by atoms with Crippen LogP contribution in [0.25, 0.3) is 0 Å². The molecule has 0 aromatic heterocycles. The number of nitrogens with zero attached hydrogens (tertiary/aromatic N) is 1. The largest absolute Gasteiger partial charge is 0.424 e. The lowest BCUT2D eigenvalue weighted by molar-refractivity contribution is 0.0988. The lowest BCUT2D eigenvalue weighted by atomic mass is 10.1. The Hall–Kier alpha value is -3.40. The molecule has 1 amide bonds. The van der Waals surface area contributed by atoms with Crippen LogP contribution in [0.4, 0.5) is 16.2 Å². The summed E-state index contributed by atoms with van der Waals surface area (Å²) in [6.45, 7) is 1.81. The van der Waals surface area contributed by atoms with Crippen LogP contribution in [0.15, 0.2) is 84.9 Å². The molecule has 0 aliphatic rings. The second kappa shape index (κ2) is 8.12. The molecular weight excluding hydrogens is 326 g/mol. The molecule has 4 nitrogen and oxygen atoms in total. The van der Waals surface area contributed by atoms with Crippen LogP contribution >= 0.6 is 0 Å². The van der Waals surface area contributed by atoms with Crippen molar-refractivity contribution in [2.75, 3.05) is 4.90 Å². The molecule has 0 fully saturated rings. The predicted molar refractivity (Wildman–Crippen MR) is 102 cm³/mol. The highest BCUT2D eigenvalue weighted by atomic mass is 16.6. The van der Waals surface area contributed by atoms with Gasteiger partial charge in [-0.3, -0.25) is 4.79 Å². The van der Waals surface area contributed by atoms with Gasteiger partial charge >= 0.3 is 6.09 Å². The van der Waals surface area contributed by atoms with E-state index in [1.54, 1.807) is 24.3 Å². The van der Waals surface area contributed by atoms with Gasteiger partial charge in [0.15, 0.2) is 5.78 Å². The monoisotopic (exact) mass is 345 g/mol. The van der Waals surface area contributed by atoms with Gasteiger partial charge in [-0.05, 0) is 48.5 Å². The molecular formula is C22H19NO3. The first-order valence-electron chi connectivity index (χ1n) is 8.44. The van der Waals surface area contributed by atoms with E-state index in [-0.39, 0.29) is 5.78 Å². The summed E-state index contributed by atoms with van der Waals surface area (Å²) in [7, 11) is 0. The number of amides is 1. The summed E-state index contributed by atoms with van der Waals surface area (Å²) in [5, 5.41) is 0. The van der Waals surface area contributed by atoms with Gasteiger partial charge in [-0.15, -0.1) is 0 Å². The maximum atomic E-state index is 12.8. The van der Waals surface area contributed by atoms with Gasteiger partial charge in [0.25, 0.3) is 0 Å². The molecule has 3 aromatic carbocycles. The van der Waals surface area contributed by atoms with Crippen molar-refractivity contribution in [2.24, 2.45) is 0 Å². The van der Waals surface area contributed by atoms with E-state index in [1.807, 2.05) is 67.6 Å². The number of ketones is 1. The van der Waals surface area contributed by atoms with E-state index in [9.17, 15) is 9.59 Å². The van der Waals surface area contributed by atoms with Crippen LogP contribution in [-0.4, -0.2) is 11.9 Å². The molecule has 0 saturated carbocycles. The second-order valence-electron chi connectivity index (χ2n) is 5.68. The number of carbonyl (C=O) groups excluding carboxylic acids is 2. The standard InChI is InChI=1S/C22H19NO3/c1-2-21(24)17-13-15-20(16-14-17)26-22(25)23(18-9-5-3-6-10-18)19-11-7-4-8-12-19/h3-16H,2H2,1H3. The van der Waals surface area contributed by atoms with E-state index in [2.05, 4.69) is 0 Å². The van der Waals surface area contributed by atoms with Crippen molar-refractivity contribution in [1.82, 2.24) is 0 Å². The van der Waals surface area contributed by atoms with Gasteiger partial charge in [0.05, 0.1) is 11.4 Å². The third kappa shape index (κ3) is 3.98. The van der Waals surface area contributed by atoms with Crippen LogP contribution in [0.2, 0.25) is 0 Å². The fraction of sp³-hybridized carbons (Fsp3) is 0.0909. The predicted octanol–water partition coefficient (Wildman–Crippen LogP) is 5.62. The molecule has 0 atom stereocenters. The van der Waals surface area contributed by atoms with Gasteiger partial charge in [0.1, 0.15) is 5.75 Å². The Morgan fingerprint density at radius 3 is 1.73 bits per heavy atom. The molecule has 0 aliphatic carbocycles. The molecule has 0 saturated heterocycles. The number of Topliss-reactive ketones (excluding diaryl/α,β-unsaturated/α-hetero) is 1. The van der Waals surface area contributed by atoms with E-state index in [0.29, 0.717) is 29.1 Å². The average molecular weight is 345 g/mol. The minimum Gasteiger partial charge on any atom is -0.410 e. The third-order valence-corrected chi connectivity index (χ3v) is 3.91. The number of rotatable bonds is 5. The molecule has 0 radical (unpaired) electrons. The highest BCUT2D eigenvalue weighted by Gasteiger charge is 2.20. The number of ether oxygens (including phenoxy) is 1. The topological polar surface area (TPSA) is 46.6 Å². The Balaban J connectivity index is 1.85. The third-order valence-electron chi connectivity index (χ3n) is 3.91. The summed E-state index contributed by atoms with van der Waals surface area (Å²) in [5.74, 6) is 0.442. The number of para-hydroxylation sites is 2. The van der Waals surface area contributed by atoms with Crippen LogP contribution < -0.4 is 9.64 Å². The van der Waals surface area contributed by atoms with E-state index in [4.69, 9.17) is 4.74 Å². The number of benzene rings is 3. The Labute approximate surface area is 152 Å². The zero-order valence-electron chi connectivity index (χ0n) is 14.5. The Morgan fingerprint density at radius 2 is 1.27 bits per heavy atom. The summed E-state index contributed by atoms with van der Waals surface area (Å²) in [6.07, 6.45) is -0.0773. The summed E-state index contributed by atoms with van der Waals surface area (Å²) in [5.41, 5.74) is 2.03. The molecule has 0 heterocycles. The van der Waals surface area contributed by atoms with Crippen molar-refractivity contribution < 1.29 is 14.3 Å². The van der Waals surface area contributed by atoms with E-state index >= 15 is 0 Å². The van der Waals surface area contributed by atoms with Crippen molar-refractivity contribution in [2.45, 2.75) is 13.3 Å². The molecule has 130 valence electrons. The molecule has 0 aliphatic heterocycles. The average Bonchev–Trinajstić information content (AvgIpc) is 2.70. The van der Waals surface area contributed by atoms with Crippen molar-refractivity contribution in [3.63, 3.8) is 0 Å². The SMILES string of the molecule is CCC(=O)c1ccc(OC(=O)N(c2ccccc2)c2ccccc2)cc1. The number of hydrogen-bond acceptors (Lipinski definition) is 3. The van der Waals surface area contributed by atoms with Crippen LogP contribution in [0.3, 0.4) is 0 Å². The quantitative estimate of drug-likeness (QED) is 0.564. The van der Waals surface area contributed by atoms with Gasteiger partial charge < -0.3 is 4.74 Å². The first-order chi connectivity index (χ1) is 12.7. The number of hydrogen-bond donors (Lipinski definition) is 0. The lowest BCUT2D eigenvalue weighted by Crippen LogP contribution is -2.29. The van der Waals surface area contributed by atoms with Crippen molar-refractivity contribution in [3.05, 3.63) is 90.5 Å². The van der Waals surface area contributed by atoms with Crippen LogP contribution in [-0.2, 0) is 0 Å². The highest BCUT2D eigenvalue weighted by Crippen LogP contribution is 2.26. The Bertz CT molecular complexity index is 835. The molecule has 26 heavy (non-hydrogen) atoms. The Morgan fingerprint density at radius 1 is 0.769 bits per heavy atom. The first kappa shape index (κ1) is 17.4. The zero-order chi connectivity index (χ0) is 18.4. The number of carbonyl (C=O) groups is 2. The van der Waals surface area contributed by atoms with Crippen LogP contribution in [0, 0.1) is 0 Å². The molecule has 0 unspecified atom stereocenters. The molecule has 4 heteroatoms. The number of anilines is 2. The molecule has 0 bridgehead atoms. The Kier molecular flexibility index (Phi) is 5.44. The van der Waals surface area contributed by atoms with E-state index in [1.165, 1.54) is 4.90 Å². The van der Waals surface area contributed by atoms with Crippen molar-refractivity contribution in [1.29, 1.82) is 0 Å². The van der Waals surface area contributed by atoms with Gasteiger partial charge in [0.2, 0.25) is 0 Å². The molecule has 0 spiro atoms. The summed E-state index contributed by atoms with van der Waals surface area (Å²) >= 11 is 0. The van der Waals surface area contributed by atoms with E-state index in [0.717, 1.165) is 0 Å². The van der Waals surface area contributed by atoms with E-state index < -0.39 is 6.09 Å². The zero-order valence-corrected chi connectivity index (χ0v) is 14.5. The maximum absolute atomic E-state index is 12.8. The smallest absolute Gasteiger partial charge is 0.410 e. The highest BCUT2D eigenvalue weighted by molar-refractivity contribution is 5.98. The van der Waals surface area contributed by atoms with Crippen molar-refractivity contribution in [3.8, 4) is 5.75 Å². The van der Waals surface area contributed by atoms with Gasteiger partial charge in [-0.25, -0.2) is 9.69 Å². The van der Waals surface area contributed by atoms with Gasteiger partial charge in [-0.1, -0.05) is 43.3 Å². The van der Waals surface area contributed by atoms with Crippen LogP contribution in [0.5, 0.6) is 5.75 Å². The first-order valence-corrected chi connectivity index (χ1v) is 8.44. The molecule has 3 aromatic rings. The van der Waals surface area contributed by atoms with Gasteiger partial charge in [-0.2, -0.15) is 0 Å².